The fraction of sp³-hybridized carbons (Fsp3) is 0.464. The fourth-order valence-electron chi connectivity index (χ4n) is 7.09. The van der Waals surface area contributed by atoms with E-state index in [9.17, 15) is 19.1 Å². The van der Waals surface area contributed by atoms with Crippen LogP contribution in [0.25, 0.3) is 0 Å². The van der Waals surface area contributed by atoms with E-state index in [0.717, 1.165) is 37.5 Å². The van der Waals surface area contributed by atoms with Gasteiger partial charge in [0.25, 0.3) is 0 Å². The number of rotatable bonds is 5. The summed E-state index contributed by atoms with van der Waals surface area (Å²) in [5.74, 6) is 0.969. The Morgan fingerprint density at radius 2 is 2.14 bits per heavy atom. The number of Topliss-reactive ketones (excluding diaryl/α,β-unsaturated/α-hetero) is 1. The molecular formula is C28H31FN2O4. The first-order chi connectivity index (χ1) is 16.9. The van der Waals surface area contributed by atoms with Gasteiger partial charge in [0, 0.05) is 29.7 Å². The molecular weight excluding hydrogens is 447 g/mol. The van der Waals surface area contributed by atoms with Crippen molar-refractivity contribution in [2.24, 2.45) is 23.2 Å². The highest BCUT2D eigenvalue weighted by Gasteiger charge is 2.60. The molecule has 3 aliphatic rings. The van der Waals surface area contributed by atoms with Crippen molar-refractivity contribution in [2.75, 3.05) is 12.4 Å². The molecule has 3 unspecified atom stereocenters. The van der Waals surface area contributed by atoms with E-state index in [4.69, 9.17) is 4.74 Å². The van der Waals surface area contributed by atoms with Crippen molar-refractivity contribution in [1.82, 2.24) is 4.98 Å². The number of nitrogens with zero attached hydrogens (tertiary/aromatic N) is 1. The third-order valence-electron chi connectivity index (χ3n) is 8.61. The first-order valence-corrected chi connectivity index (χ1v) is 12.3. The number of halogens is 1. The van der Waals surface area contributed by atoms with Crippen LogP contribution in [0.5, 0.6) is 5.75 Å². The van der Waals surface area contributed by atoms with E-state index in [2.05, 4.69) is 10.3 Å². The number of methoxy groups -OCH3 is 1. The lowest BCUT2D eigenvalue weighted by molar-refractivity contribution is -0.127. The van der Waals surface area contributed by atoms with Crippen LogP contribution in [0, 0.1) is 29.0 Å². The fourth-order valence-corrected chi connectivity index (χ4v) is 7.09. The van der Waals surface area contributed by atoms with E-state index in [-0.39, 0.29) is 47.6 Å². The number of hydrogen-bond acceptors (Lipinski definition) is 5. The molecule has 0 saturated heterocycles. The highest BCUT2D eigenvalue weighted by molar-refractivity contribution is 6.03. The van der Waals surface area contributed by atoms with Gasteiger partial charge in [0.2, 0.25) is 5.91 Å². The maximum absolute atomic E-state index is 13.9. The number of anilines is 1. The quantitative estimate of drug-likeness (QED) is 0.447. The smallest absolute Gasteiger partial charge is 0.225 e. The van der Waals surface area contributed by atoms with Crippen LogP contribution < -0.4 is 10.1 Å². The van der Waals surface area contributed by atoms with Crippen molar-refractivity contribution in [2.45, 2.75) is 51.4 Å². The van der Waals surface area contributed by atoms with Gasteiger partial charge in [0.15, 0.2) is 5.78 Å². The minimum absolute atomic E-state index is 0.00761. The topological polar surface area (TPSA) is 88.5 Å². The van der Waals surface area contributed by atoms with Crippen molar-refractivity contribution >= 4 is 17.5 Å². The van der Waals surface area contributed by atoms with Crippen LogP contribution in [0.3, 0.4) is 0 Å². The molecule has 184 valence electrons. The van der Waals surface area contributed by atoms with Crippen LogP contribution in [0.1, 0.15) is 56.1 Å². The Kier molecular flexibility index (Phi) is 6.11. The number of ether oxygens (including phenoxy) is 1. The number of hydrogen-bond donors (Lipinski definition) is 2. The number of carbonyl (C=O) groups is 2. The van der Waals surface area contributed by atoms with E-state index < -0.39 is 5.41 Å². The second-order valence-corrected chi connectivity index (χ2v) is 10.3. The Morgan fingerprint density at radius 1 is 1.31 bits per heavy atom. The average Bonchev–Trinajstić information content (AvgIpc) is 3.08. The lowest BCUT2D eigenvalue weighted by atomic mass is 9.54. The molecule has 1 aromatic heterocycles. The maximum atomic E-state index is 13.9. The number of aryl methyl sites for hydroxylation is 1. The summed E-state index contributed by atoms with van der Waals surface area (Å²) in [6, 6.07) is 8.44. The lowest BCUT2D eigenvalue weighted by Gasteiger charge is -2.49. The second kappa shape index (κ2) is 9.10. The number of nitrogens with one attached hydrogen (secondary N) is 1. The molecule has 35 heavy (non-hydrogen) atoms. The molecule has 7 heteroatoms. The van der Waals surface area contributed by atoms with Crippen molar-refractivity contribution in [1.29, 1.82) is 0 Å². The molecule has 6 nitrogen and oxygen atoms in total. The zero-order valence-electron chi connectivity index (χ0n) is 20.1. The maximum Gasteiger partial charge on any atom is 0.225 e. The summed E-state index contributed by atoms with van der Waals surface area (Å²) in [5.41, 5.74) is 2.15. The third-order valence-corrected chi connectivity index (χ3v) is 8.61. The van der Waals surface area contributed by atoms with Crippen LogP contribution in [0.4, 0.5) is 10.2 Å². The summed E-state index contributed by atoms with van der Waals surface area (Å²) in [5, 5.41) is 12.9. The lowest BCUT2D eigenvalue weighted by Crippen LogP contribution is -2.44. The van der Waals surface area contributed by atoms with Gasteiger partial charge in [0.05, 0.1) is 13.4 Å². The van der Waals surface area contributed by atoms with Gasteiger partial charge in [-0.05, 0) is 85.1 Å². The molecule has 3 aliphatic carbocycles. The number of fused-ring (bicyclic) bond motifs is 5. The summed E-state index contributed by atoms with van der Waals surface area (Å²) in [6.07, 6.45) is 6.47. The molecule has 0 aliphatic heterocycles. The molecule has 1 amide bonds. The van der Waals surface area contributed by atoms with Gasteiger partial charge in [0.1, 0.15) is 17.4 Å². The molecule has 2 saturated carbocycles. The van der Waals surface area contributed by atoms with Gasteiger partial charge >= 0.3 is 0 Å². The van der Waals surface area contributed by atoms with Gasteiger partial charge in [-0.25, -0.2) is 9.37 Å². The molecule has 2 N–H and O–H groups in total. The van der Waals surface area contributed by atoms with Gasteiger partial charge in [-0.15, -0.1) is 0 Å². The summed E-state index contributed by atoms with van der Waals surface area (Å²) in [6.45, 7) is 2.03. The Morgan fingerprint density at radius 3 is 2.91 bits per heavy atom. The number of aliphatic hydroxyl groups is 1. The van der Waals surface area contributed by atoms with Gasteiger partial charge in [-0.2, -0.15) is 0 Å². The summed E-state index contributed by atoms with van der Waals surface area (Å²) in [4.78, 5) is 30.4. The number of benzene rings is 1. The summed E-state index contributed by atoms with van der Waals surface area (Å²) in [7, 11) is 1.55. The standard InChI is InChI=1S/C28H31FN2O4/c1-28-11-9-20-19-6-4-17(29)13-16(19)3-5-21(20)26(28)22(23(15-32)27(28)34)7-8-25(33)31-24-14-18(35-2)10-12-30-24/h4,6,10,12-15,20-22,26,32H,3,5,7-9,11H2,1-2H3,(H,30,31,33)/b23-15-/t20?,21?,22-,26?,28+/m1/s1. The number of aliphatic hydroxyl groups excluding tert-OH is 1. The first kappa shape index (κ1) is 23.5. The van der Waals surface area contributed by atoms with Crippen LogP contribution in [-0.2, 0) is 16.0 Å². The number of aromatic nitrogens is 1. The van der Waals surface area contributed by atoms with Crippen LogP contribution in [0.2, 0.25) is 0 Å². The minimum atomic E-state index is -0.553. The predicted octanol–water partition coefficient (Wildman–Crippen LogP) is 5.35. The zero-order chi connectivity index (χ0) is 24.7. The molecule has 5 rings (SSSR count). The number of carbonyl (C=O) groups excluding carboxylic acids is 2. The van der Waals surface area contributed by atoms with Crippen LogP contribution in [-0.4, -0.2) is 28.9 Å². The third kappa shape index (κ3) is 4.01. The van der Waals surface area contributed by atoms with Crippen molar-refractivity contribution < 1.29 is 23.8 Å². The number of ketones is 1. The Bertz CT molecular complexity index is 1200. The van der Waals surface area contributed by atoms with Gasteiger partial charge in [-0.3, -0.25) is 9.59 Å². The number of amides is 1. The van der Waals surface area contributed by atoms with Crippen LogP contribution in [0.15, 0.2) is 48.4 Å². The minimum Gasteiger partial charge on any atom is -0.515 e. The summed E-state index contributed by atoms with van der Waals surface area (Å²) >= 11 is 0. The van der Waals surface area contributed by atoms with E-state index in [0.29, 0.717) is 23.6 Å². The monoisotopic (exact) mass is 478 g/mol. The van der Waals surface area contributed by atoms with Crippen molar-refractivity contribution in [3.05, 3.63) is 65.3 Å². The predicted molar refractivity (Wildman–Crippen MR) is 130 cm³/mol. The molecule has 1 heterocycles. The summed E-state index contributed by atoms with van der Waals surface area (Å²) < 4.78 is 19.0. The largest absolute Gasteiger partial charge is 0.515 e. The molecule has 0 radical (unpaired) electrons. The van der Waals surface area contributed by atoms with Crippen LogP contribution >= 0.6 is 0 Å². The number of pyridine rings is 1. The van der Waals surface area contributed by atoms with E-state index in [1.165, 1.54) is 11.6 Å². The Balaban J connectivity index is 1.38. The zero-order valence-corrected chi connectivity index (χ0v) is 20.1. The van der Waals surface area contributed by atoms with E-state index in [1.807, 2.05) is 13.0 Å². The molecule has 0 bridgehead atoms. The van der Waals surface area contributed by atoms with Crippen molar-refractivity contribution in [3.8, 4) is 5.75 Å². The van der Waals surface area contributed by atoms with Gasteiger partial charge < -0.3 is 15.2 Å². The van der Waals surface area contributed by atoms with E-state index >= 15 is 0 Å². The Hall–Kier alpha value is -3.22. The van der Waals surface area contributed by atoms with Crippen molar-refractivity contribution in [3.63, 3.8) is 0 Å². The first-order valence-electron chi connectivity index (χ1n) is 12.3. The highest BCUT2D eigenvalue weighted by atomic mass is 19.1. The molecule has 2 aromatic rings. The molecule has 5 atom stereocenters. The average molecular weight is 479 g/mol. The molecule has 1 aromatic carbocycles. The van der Waals surface area contributed by atoms with Gasteiger partial charge in [-0.1, -0.05) is 13.0 Å². The SMILES string of the molecule is COc1ccnc(NC(=O)CC[C@@H]2/C(=C/O)C(=O)[C@@]3(C)CCC4c5ccc(F)cc5CCC4C23)c1. The highest BCUT2D eigenvalue weighted by Crippen LogP contribution is 2.63. The second-order valence-electron chi connectivity index (χ2n) is 10.3. The molecule has 2 fully saturated rings. The molecule has 0 spiro atoms. The van der Waals surface area contributed by atoms with E-state index in [1.54, 1.807) is 31.5 Å². The Labute approximate surface area is 204 Å². The normalized spacial score (nSPS) is 30.4. The number of allylic oxidation sites excluding steroid dienone is 1.